The summed E-state index contributed by atoms with van der Waals surface area (Å²) in [5.74, 6) is 2.18. The molecule has 0 aliphatic rings. The van der Waals surface area contributed by atoms with Crippen LogP contribution in [0, 0.1) is 10.1 Å². The number of benzene rings is 2. The molecule has 0 amide bonds. The first-order chi connectivity index (χ1) is 14.2. The first-order valence-corrected chi connectivity index (χ1v) is 9.64. The van der Waals surface area contributed by atoms with Gasteiger partial charge in [-0.1, -0.05) is 30.0 Å². The third-order valence-corrected chi connectivity index (χ3v) is 5.20. The zero-order chi connectivity index (χ0) is 20.2. The van der Waals surface area contributed by atoms with Crippen LogP contribution in [0.4, 0.5) is 5.69 Å². The van der Waals surface area contributed by atoms with Crippen molar-refractivity contribution >= 4 is 17.4 Å². The number of hydrogen-bond acceptors (Lipinski definition) is 7. The minimum atomic E-state index is -0.422. The quantitative estimate of drug-likeness (QED) is 0.248. The summed E-state index contributed by atoms with van der Waals surface area (Å²) in [6.45, 7) is 0. The molecule has 4 aromatic rings. The van der Waals surface area contributed by atoms with E-state index in [9.17, 15) is 10.1 Å². The minimum absolute atomic E-state index is 0.0159. The topological polar surface area (TPSA) is 96.2 Å². The summed E-state index contributed by atoms with van der Waals surface area (Å²) in [4.78, 5) is 10.7. The third-order valence-electron chi connectivity index (χ3n) is 4.22. The molecule has 4 rings (SSSR count). The Hall–Kier alpha value is -3.59. The lowest BCUT2D eigenvalue weighted by atomic mass is 10.2. The lowest BCUT2D eigenvalue weighted by Crippen LogP contribution is -1.99. The molecule has 2 aromatic carbocycles. The molecular weight excluding hydrogens is 392 g/mol. The molecule has 0 bridgehead atoms. The maximum Gasteiger partial charge on any atom is 0.270 e. The Morgan fingerprint density at radius 3 is 2.66 bits per heavy atom. The van der Waals surface area contributed by atoms with Crippen LogP contribution < -0.4 is 4.74 Å². The summed E-state index contributed by atoms with van der Waals surface area (Å²) in [6.07, 6.45) is 1.58. The molecule has 2 aromatic heterocycles. The van der Waals surface area contributed by atoms with Gasteiger partial charge >= 0.3 is 0 Å². The third kappa shape index (κ3) is 3.85. The standard InChI is InChI=1S/C20H16N4O4S/c1-27-17-10-9-16(24(25)26)12-14(17)13-29-20-22-21-19(18-8-5-11-28-18)23(20)15-6-3-2-4-7-15/h2-12H,13H2,1H3. The minimum Gasteiger partial charge on any atom is -0.496 e. The normalized spacial score (nSPS) is 10.8. The molecule has 0 radical (unpaired) electrons. The lowest BCUT2D eigenvalue weighted by molar-refractivity contribution is -0.384. The van der Waals surface area contributed by atoms with Gasteiger partial charge in [-0.15, -0.1) is 10.2 Å². The van der Waals surface area contributed by atoms with E-state index < -0.39 is 4.92 Å². The molecule has 0 spiro atoms. The molecule has 146 valence electrons. The number of nitro benzene ring substituents is 1. The van der Waals surface area contributed by atoms with Gasteiger partial charge < -0.3 is 9.15 Å². The van der Waals surface area contributed by atoms with E-state index in [4.69, 9.17) is 9.15 Å². The maximum absolute atomic E-state index is 11.1. The van der Waals surface area contributed by atoms with Crippen LogP contribution in [-0.4, -0.2) is 26.8 Å². The summed E-state index contributed by atoms with van der Waals surface area (Å²) < 4.78 is 12.8. The number of rotatable bonds is 7. The molecule has 29 heavy (non-hydrogen) atoms. The number of para-hydroxylation sites is 1. The summed E-state index contributed by atoms with van der Waals surface area (Å²) in [5.41, 5.74) is 1.61. The Bertz CT molecular complexity index is 1130. The Labute approximate surface area is 170 Å². The highest BCUT2D eigenvalue weighted by Crippen LogP contribution is 2.33. The van der Waals surface area contributed by atoms with Crippen molar-refractivity contribution in [1.29, 1.82) is 0 Å². The molecular formula is C20H16N4O4S. The molecule has 0 N–H and O–H groups in total. The van der Waals surface area contributed by atoms with Crippen LogP contribution in [0.1, 0.15) is 5.56 Å². The first kappa shape index (κ1) is 18.8. The molecule has 0 saturated heterocycles. The largest absolute Gasteiger partial charge is 0.496 e. The SMILES string of the molecule is COc1ccc([N+](=O)[O-])cc1CSc1nnc(-c2ccco2)n1-c1ccccc1. The van der Waals surface area contributed by atoms with Crippen molar-refractivity contribution in [1.82, 2.24) is 14.8 Å². The number of thioether (sulfide) groups is 1. The number of ether oxygens (including phenoxy) is 1. The van der Waals surface area contributed by atoms with Gasteiger partial charge in [0.2, 0.25) is 5.82 Å². The number of nitrogens with zero attached hydrogens (tertiary/aromatic N) is 4. The van der Waals surface area contributed by atoms with Gasteiger partial charge in [-0.2, -0.15) is 0 Å². The number of furan rings is 1. The molecule has 0 atom stereocenters. The highest BCUT2D eigenvalue weighted by Gasteiger charge is 2.19. The molecule has 0 aliphatic carbocycles. The summed E-state index contributed by atoms with van der Waals surface area (Å²) in [5, 5.41) is 20.4. The van der Waals surface area contributed by atoms with E-state index in [0.717, 1.165) is 5.69 Å². The number of methoxy groups -OCH3 is 1. The van der Waals surface area contributed by atoms with Crippen molar-refractivity contribution in [3.8, 4) is 23.0 Å². The van der Waals surface area contributed by atoms with E-state index in [0.29, 0.717) is 33.8 Å². The predicted octanol–water partition coefficient (Wildman–Crippen LogP) is 4.74. The van der Waals surface area contributed by atoms with E-state index in [1.807, 2.05) is 41.0 Å². The molecule has 0 aliphatic heterocycles. The second-order valence-electron chi connectivity index (χ2n) is 6.00. The molecule has 8 nitrogen and oxygen atoms in total. The van der Waals surface area contributed by atoms with Crippen LogP contribution >= 0.6 is 11.8 Å². The highest BCUT2D eigenvalue weighted by molar-refractivity contribution is 7.98. The molecule has 0 unspecified atom stereocenters. The fourth-order valence-electron chi connectivity index (χ4n) is 2.87. The number of aromatic nitrogens is 3. The fraction of sp³-hybridized carbons (Fsp3) is 0.100. The van der Waals surface area contributed by atoms with Gasteiger partial charge in [0.05, 0.1) is 18.3 Å². The van der Waals surface area contributed by atoms with Gasteiger partial charge in [0.25, 0.3) is 5.69 Å². The van der Waals surface area contributed by atoms with Crippen LogP contribution in [0.5, 0.6) is 5.75 Å². The van der Waals surface area contributed by atoms with Gasteiger partial charge in [-0.05, 0) is 30.3 Å². The summed E-state index contributed by atoms with van der Waals surface area (Å²) >= 11 is 1.41. The van der Waals surface area contributed by atoms with E-state index >= 15 is 0 Å². The second-order valence-corrected chi connectivity index (χ2v) is 6.94. The summed E-state index contributed by atoms with van der Waals surface area (Å²) in [6, 6.07) is 17.9. The zero-order valence-electron chi connectivity index (χ0n) is 15.4. The van der Waals surface area contributed by atoms with E-state index in [1.165, 1.54) is 31.0 Å². The Morgan fingerprint density at radius 2 is 1.97 bits per heavy atom. The van der Waals surface area contributed by atoms with Crippen LogP contribution in [0.2, 0.25) is 0 Å². The average molecular weight is 408 g/mol. The zero-order valence-corrected chi connectivity index (χ0v) is 16.2. The van der Waals surface area contributed by atoms with Gasteiger partial charge in [0, 0.05) is 29.1 Å². The predicted molar refractivity (Wildman–Crippen MR) is 108 cm³/mol. The summed E-state index contributed by atoms with van der Waals surface area (Å²) in [7, 11) is 1.54. The Morgan fingerprint density at radius 1 is 1.14 bits per heavy atom. The van der Waals surface area contributed by atoms with Gasteiger partial charge in [-0.3, -0.25) is 14.7 Å². The van der Waals surface area contributed by atoms with Crippen molar-refractivity contribution in [3.05, 3.63) is 82.6 Å². The second kappa shape index (κ2) is 8.19. The Balaban J connectivity index is 1.70. The van der Waals surface area contributed by atoms with Crippen LogP contribution in [0.3, 0.4) is 0 Å². The van der Waals surface area contributed by atoms with Gasteiger partial charge in [0.1, 0.15) is 5.75 Å². The van der Waals surface area contributed by atoms with E-state index in [2.05, 4.69) is 10.2 Å². The van der Waals surface area contributed by atoms with Crippen LogP contribution in [-0.2, 0) is 5.75 Å². The van der Waals surface area contributed by atoms with Gasteiger partial charge in [-0.25, -0.2) is 0 Å². The van der Waals surface area contributed by atoms with Crippen molar-refractivity contribution in [2.45, 2.75) is 10.9 Å². The van der Waals surface area contributed by atoms with Crippen molar-refractivity contribution in [2.24, 2.45) is 0 Å². The Kier molecular flexibility index (Phi) is 5.30. The molecule has 2 heterocycles. The van der Waals surface area contributed by atoms with Crippen LogP contribution in [0.25, 0.3) is 17.3 Å². The van der Waals surface area contributed by atoms with Crippen molar-refractivity contribution < 1.29 is 14.1 Å². The molecule has 0 fully saturated rings. The smallest absolute Gasteiger partial charge is 0.270 e. The van der Waals surface area contributed by atoms with E-state index in [-0.39, 0.29) is 5.69 Å². The number of hydrogen-bond donors (Lipinski definition) is 0. The number of non-ortho nitro benzene ring substituents is 1. The molecule has 9 heteroatoms. The average Bonchev–Trinajstić information content (AvgIpc) is 3.42. The highest BCUT2D eigenvalue weighted by atomic mass is 32.2. The fourth-order valence-corrected chi connectivity index (χ4v) is 3.80. The lowest BCUT2D eigenvalue weighted by Gasteiger charge is -2.10. The van der Waals surface area contributed by atoms with Gasteiger partial charge in [0.15, 0.2) is 10.9 Å². The maximum atomic E-state index is 11.1. The van der Waals surface area contributed by atoms with Crippen molar-refractivity contribution in [2.75, 3.05) is 7.11 Å². The monoisotopic (exact) mass is 408 g/mol. The molecule has 0 saturated carbocycles. The first-order valence-electron chi connectivity index (χ1n) is 8.66. The van der Waals surface area contributed by atoms with Crippen molar-refractivity contribution in [3.63, 3.8) is 0 Å². The van der Waals surface area contributed by atoms with Crippen LogP contribution in [0.15, 0.2) is 76.5 Å². The van der Waals surface area contributed by atoms with E-state index in [1.54, 1.807) is 18.4 Å². The number of nitro groups is 1.